The summed E-state index contributed by atoms with van der Waals surface area (Å²) in [7, 11) is 0. The lowest BCUT2D eigenvalue weighted by Gasteiger charge is -2.04. The summed E-state index contributed by atoms with van der Waals surface area (Å²) in [5.74, 6) is -0.326. The minimum atomic E-state index is -0.171. The highest BCUT2D eigenvalue weighted by molar-refractivity contribution is 7.98. The van der Waals surface area contributed by atoms with Crippen LogP contribution >= 0.6 is 34.4 Å². The van der Waals surface area contributed by atoms with Crippen molar-refractivity contribution >= 4 is 51.4 Å². The van der Waals surface area contributed by atoms with Crippen LogP contribution < -0.4 is 10.6 Å². The van der Waals surface area contributed by atoms with Gasteiger partial charge in [0, 0.05) is 28.8 Å². The lowest BCUT2D eigenvalue weighted by atomic mass is 10.2. The van der Waals surface area contributed by atoms with E-state index in [4.69, 9.17) is 0 Å². The van der Waals surface area contributed by atoms with E-state index in [1.165, 1.54) is 27.6 Å². The van der Waals surface area contributed by atoms with E-state index in [1.54, 1.807) is 17.8 Å². The van der Waals surface area contributed by atoms with Crippen LogP contribution in [0.3, 0.4) is 0 Å². The van der Waals surface area contributed by atoms with Gasteiger partial charge in [0.25, 0.3) is 5.91 Å². The van der Waals surface area contributed by atoms with E-state index in [0.717, 1.165) is 11.3 Å². The van der Waals surface area contributed by atoms with Crippen LogP contribution in [0.1, 0.15) is 16.1 Å². The molecule has 5 nitrogen and oxygen atoms in total. The first-order valence-corrected chi connectivity index (χ1v) is 10.9. The minimum absolute atomic E-state index is 0.155. The van der Waals surface area contributed by atoms with Gasteiger partial charge in [0.05, 0.1) is 10.6 Å². The fraction of sp³-hybridized carbons (Fsp3) is 0.167. The highest BCUT2D eigenvalue weighted by Crippen LogP contribution is 2.26. The Morgan fingerprint density at radius 2 is 1.96 bits per heavy atom. The molecule has 0 aliphatic carbocycles. The molecule has 1 aromatic carbocycles. The van der Waals surface area contributed by atoms with Gasteiger partial charge in [0.15, 0.2) is 5.13 Å². The van der Waals surface area contributed by atoms with E-state index in [0.29, 0.717) is 10.0 Å². The van der Waals surface area contributed by atoms with E-state index in [-0.39, 0.29) is 24.8 Å². The molecule has 0 aliphatic rings. The van der Waals surface area contributed by atoms with E-state index in [9.17, 15) is 9.59 Å². The van der Waals surface area contributed by atoms with Crippen LogP contribution in [0.15, 0.2) is 52.1 Å². The summed E-state index contributed by atoms with van der Waals surface area (Å²) in [5.41, 5.74) is 1.85. The number of nitrogens with zero attached hydrogens (tertiary/aromatic N) is 1. The molecule has 0 atom stereocenters. The molecule has 2 aromatic heterocycles. The van der Waals surface area contributed by atoms with Crippen molar-refractivity contribution in [3.8, 4) is 11.3 Å². The van der Waals surface area contributed by atoms with E-state index in [2.05, 4.69) is 15.6 Å². The highest BCUT2D eigenvalue weighted by Gasteiger charge is 2.10. The Hall–Kier alpha value is -2.16. The number of aromatic nitrogens is 1. The molecule has 3 aromatic rings. The Kier molecular flexibility index (Phi) is 6.43. The molecule has 0 saturated carbocycles. The number of thioether (sulfide) groups is 1. The maximum atomic E-state index is 12.0. The third-order valence-corrected chi connectivity index (χ3v) is 5.89. The number of carbonyl (C=O) groups is 2. The van der Waals surface area contributed by atoms with Crippen LogP contribution in [0.2, 0.25) is 0 Å². The maximum Gasteiger partial charge on any atom is 0.261 e. The molecular weight excluding hydrogens is 386 g/mol. The van der Waals surface area contributed by atoms with Crippen molar-refractivity contribution in [3.05, 3.63) is 52.0 Å². The standard InChI is InChI=1S/C18H17N3O2S3/c1-24-13-6-4-12(5-7-13)14-11-26-18(20-14)21-16(22)8-9-19-17(23)15-3-2-10-25-15/h2-7,10-11H,8-9H2,1H3,(H,19,23)(H,20,21,22). The van der Waals surface area contributed by atoms with Crippen LogP contribution in [-0.2, 0) is 4.79 Å². The van der Waals surface area contributed by atoms with Crippen molar-refractivity contribution in [1.82, 2.24) is 10.3 Å². The van der Waals surface area contributed by atoms with Gasteiger partial charge < -0.3 is 10.6 Å². The van der Waals surface area contributed by atoms with Gasteiger partial charge in [-0.05, 0) is 29.8 Å². The predicted molar refractivity (Wildman–Crippen MR) is 109 cm³/mol. The van der Waals surface area contributed by atoms with E-state index >= 15 is 0 Å². The molecule has 0 fully saturated rings. The summed E-state index contributed by atoms with van der Waals surface area (Å²) in [6, 6.07) is 11.7. The average molecular weight is 404 g/mol. The second-order valence-electron chi connectivity index (χ2n) is 5.30. The number of thiophene rings is 1. The number of carbonyl (C=O) groups excluding carboxylic acids is 2. The summed E-state index contributed by atoms with van der Waals surface area (Å²) >= 11 is 4.45. The highest BCUT2D eigenvalue weighted by atomic mass is 32.2. The number of amides is 2. The second-order valence-corrected chi connectivity index (χ2v) is 7.98. The molecule has 0 saturated heterocycles. The second kappa shape index (κ2) is 8.98. The van der Waals surface area contributed by atoms with Crippen molar-refractivity contribution in [3.63, 3.8) is 0 Å². The van der Waals surface area contributed by atoms with Gasteiger partial charge in [0.1, 0.15) is 0 Å². The first kappa shape index (κ1) is 18.6. The molecule has 0 spiro atoms. The number of benzene rings is 1. The first-order chi connectivity index (χ1) is 12.7. The van der Waals surface area contributed by atoms with Gasteiger partial charge >= 0.3 is 0 Å². The first-order valence-electron chi connectivity index (χ1n) is 7.87. The lowest BCUT2D eigenvalue weighted by Crippen LogP contribution is -2.27. The molecule has 2 amide bonds. The quantitative estimate of drug-likeness (QED) is 0.575. The number of hydrogen-bond donors (Lipinski definition) is 2. The Balaban J connectivity index is 1.48. The SMILES string of the molecule is CSc1ccc(-c2csc(NC(=O)CCNC(=O)c3cccs3)n2)cc1. The third-order valence-electron chi connectivity index (χ3n) is 3.52. The zero-order chi connectivity index (χ0) is 18.4. The van der Waals surface area contributed by atoms with Crippen LogP contribution in [0.5, 0.6) is 0 Å². The monoisotopic (exact) mass is 403 g/mol. The maximum absolute atomic E-state index is 12.0. The molecule has 0 bridgehead atoms. The summed E-state index contributed by atoms with van der Waals surface area (Å²) in [6.45, 7) is 0.289. The molecule has 8 heteroatoms. The summed E-state index contributed by atoms with van der Waals surface area (Å²) in [6.07, 6.45) is 2.24. The number of rotatable bonds is 7. The number of anilines is 1. The van der Waals surface area contributed by atoms with Gasteiger partial charge in [-0.25, -0.2) is 4.98 Å². The smallest absolute Gasteiger partial charge is 0.261 e. The average Bonchev–Trinajstić information content (AvgIpc) is 3.34. The topological polar surface area (TPSA) is 71.1 Å². The number of hydrogen-bond acceptors (Lipinski definition) is 6. The fourth-order valence-corrected chi connectivity index (χ4v) is 3.98. The number of nitrogens with one attached hydrogen (secondary N) is 2. The molecule has 0 aliphatic heterocycles. The minimum Gasteiger partial charge on any atom is -0.351 e. The van der Waals surface area contributed by atoms with Crippen LogP contribution in [0.25, 0.3) is 11.3 Å². The predicted octanol–water partition coefficient (Wildman–Crippen LogP) is 4.35. The van der Waals surface area contributed by atoms with Gasteiger partial charge in [-0.3, -0.25) is 9.59 Å². The molecular formula is C18H17N3O2S3. The van der Waals surface area contributed by atoms with Crippen molar-refractivity contribution in [2.75, 3.05) is 18.1 Å². The van der Waals surface area contributed by atoms with Crippen LogP contribution in [0, 0.1) is 0 Å². The molecule has 26 heavy (non-hydrogen) atoms. The molecule has 2 heterocycles. The van der Waals surface area contributed by atoms with Crippen LogP contribution in [-0.4, -0.2) is 29.6 Å². The normalized spacial score (nSPS) is 10.5. The van der Waals surface area contributed by atoms with Gasteiger partial charge in [-0.1, -0.05) is 18.2 Å². The van der Waals surface area contributed by atoms with Crippen molar-refractivity contribution in [2.24, 2.45) is 0 Å². The fourth-order valence-electron chi connectivity index (χ4n) is 2.19. The Morgan fingerprint density at radius 1 is 1.15 bits per heavy atom. The third kappa shape index (κ3) is 4.94. The zero-order valence-corrected chi connectivity index (χ0v) is 16.5. The van der Waals surface area contributed by atoms with Crippen molar-refractivity contribution in [1.29, 1.82) is 0 Å². The van der Waals surface area contributed by atoms with Crippen LogP contribution in [0.4, 0.5) is 5.13 Å². The molecule has 2 N–H and O–H groups in total. The molecule has 0 unspecified atom stereocenters. The number of thiazole rings is 1. The molecule has 3 rings (SSSR count). The zero-order valence-electron chi connectivity index (χ0n) is 14.0. The summed E-state index contributed by atoms with van der Waals surface area (Å²) in [5, 5.41) is 9.84. The largest absolute Gasteiger partial charge is 0.351 e. The Morgan fingerprint density at radius 3 is 2.65 bits per heavy atom. The molecule has 0 radical (unpaired) electrons. The summed E-state index contributed by atoms with van der Waals surface area (Å²) in [4.78, 5) is 30.1. The Labute approximate surface area is 163 Å². The molecule has 134 valence electrons. The van der Waals surface area contributed by atoms with E-state index < -0.39 is 0 Å². The van der Waals surface area contributed by atoms with Gasteiger partial charge in [-0.15, -0.1) is 34.4 Å². The summed E-state index contributed by atoms with van der Waals surface area (Å²) < 4.78 is 0. The van der Waals surface area contributed by atoms with Gasteiger partial charge in [0.2, 0.25) is 5.91 Å². The van der Waals surface area contributed by atoms with Crippen molar-refractivity contribution < 1.29 is 9.59 Å². The lowest BCUT2D eigenvalue weighted by molar-refractivity contribution is -0.116. The van der Waals surface area contributed by atoms with Crippen molar-refractivity contribution in [2.45, 2.75) is 11.3 Å². The Bertz CT molecular complexity index is 873. The van der Waals surface area contributed by atoms with E-state index in [1.807, 2.05) is 47.3 Å². The van der Waals surface area contributed by atoms with Gasteiger partial charge in [-0.2, -0.15) is 0 Å².